The Kier molecular flexibility index (Phi) is 4.29. The summed E-state index contributed by atoms with van der Waals surface area (Å²) in [4.78, 5) is 0.978. The molecule has 0 aliphatic rings. The lowest BCUT2D eigenvalue weighted by molar-refractivity contribution is 0.388. The summed E-state index contributed by atoms with van der Waals surface area (Å²) < 4.78 is 15.9. The maximum atomic E-state index is 6.31. The molecule has 2 rings (SSSR count). The van der Waals surface area contributed by atoms with E-state index in [1.165, 1.54) is 0 Å². The van der Waals surface area contributed by atoms with E-state index in [2.05, 4.69) is 0 Å². The molecule has 1 atom stereocenters. The number of hydrogen-bond acceptors (Lipinski definition) is 5. The molecular weight excluding hydrogens is 262 g/mol. The van der Waals surface area contributed by atoms with Gasteiger partial charge in [-0.25, -0.2) is 0 Å². The zero-order valence-corrected chi connectivity index (χ0v) is 12.0. The topological polar surface area (TPSA) is 53.7 Å². The third-order valence-electron chi connectivity index (χ3n) is 2.94. The van der Waals surface area contributed by atoms with Crippen LogP contribution in [0.2, 0.25) is 0 Å². The first-order valence-corrected chi connectivity index (χ1v) is 6.68. The van der Waals surface area contributed by atoms with Crippen LogP contribution in [0, 0.1) is 0 Å². The SMILES string of the molecule is COc1ccc(C(N)c2sccc2OC)c(OC)c1. The van der Waals surface area contributed by atoms with Gasteiger partial charge in [0.15, 0.2) is 0 Å². The molecule has 0 saturated carbocycles. The molecule has 0 amide bonds. The van der Waals surface area contributed by atoms with Crippen molar-refractivity contribution in [2.45, 2.75) is 6.04 Å². The number of ether oxygens (including phenoxy) is 3. The van der Waals surface area contributed by atoms with Gasteiger partial charge in [0.1, 0.15) is 17.2 Å². The molecule has 0 spiro atoms. The second kappa shape index (κ2) is 5.95. The van der Waals surface area contributed by atoms with Crippen LogP contribution < -0.4 is 19.9 Å². The maximum Gasteiger partial charge on any atom is 0.134 e. The standard InChI is InChI=1S/C14H17NO3S/c1-16-9-4-5-10(12(8-9)18-3)13(15)14-11(17-2)6-7-19-14/h4-8,13H,15H2,1-3H3. The van der Waals surface area contributed by atoms with Crippen LogP contribution in [0.4, 0.5) is 0 Å². The molecule has 0 saturated heterocycles. The lowest BCUT2D eigenvalue weighted by Crippen LogP contribution is -2.12. The highest BCUT2D eigenvalue weighted by Crippen LogP contribution is 2.37. The van der Waals surface area contributed by atoms with Crippen molar-refractivity contribution in [3.8, 4) is 17.2 Å². The summed E-state index contributed by atoms with van der Waals surface area (Å²) in [5.41, 5.74) is 7.22. The molecule has 1 aromatic heterocycles. The molecule has 0 aliphatic heterocycles. The fourth-order valence-electron chi connectivity index (χ4n) is 1.92. The van der Waals surface area contributed by atoms with Gasteiger partial charge in [-0.3, -0.25) is 0 Å². The molecular formula is C14H17NO3S. The van der Waals surface area contributed by atoms with E-state index in [-0.39, 0.29) is 6.04 Å². The zero-order valence-electron chi connectivity index (χ0n) is 11.2. The Morgan fingerprint density at radius 3 is 2.37 bits per heavy atom. The van der Waals surface area contributed by atoms with E-state index in [4.69, 9.17) is 19.9 Å². The smallest absolute Gasteiger partial charge is 0.134 e. The Hall–Kier alpha value is -1.72. The van der Waals surface area contributed by atoms with Crippen LogP contribution >= 0.6 is 11.3 Å². The number of methoxy groups -OCH3 is 3. The molecule has 0 fully saturated rings. The first-order chi connectivity index (χ1) is 9.21. The molecule has 0 bridgehead atoms. The predicted molar refractivity (Wildman–Crippen MR) is 76.4 cm³/mol. The first-order valence-electron chi connectivity index (χ1n) is 5.80. The highest BCUT2D eigenvalue weighted by molar-refractivity contribution is 7.10. The van der Waals surface area contributed by atoms with E-state index in [1.54, 1.807) is 32.7 Å². The average molecular weight is 279 g/mol. The lowest BCUT2D eigenvalue weighted by atomic mass is 10.0. The Morgan fingerprint density at radius 2 is 1.74 bits per heavy atom. The zero-order chi connectivity index (χ0) is 13.8. The number of nitrogens with two attached hydrogens (primary N) is 1. The minimum atomic E-state index is -0.282. The molecule has 2 aromatic rings. The van der Waals surface area contributed by atoms with Crippen molar-refractivity contribution in [1.82, 2.24) is 0 Å². The van der Waals surface area contributed by atoms with Gasteiger partial charge >= 0.3 is 0 Å². The first kappa shape index (κ1) is 13.7. The summed E-state index contributed by atoms with van der Waals surface area (Å²) in [5.74, 6) is 2.25. The Morgan fingerprint density at radius 1 is 1.00 bits per heavy atom. The van der Waals surface area contributed by atoms with Crippen molar-refractivity contribution >= 4 is 11.3 Å². The molecule has 2 N–H and O–H groups in total. The Balaban J connectivity index is 2.41. The molecule has 1 aromatic carbocycles. The predicted octanol–water partition coefficient (Wildman–Crippen LogP) is 2.82. The Bertz CT molecular complexity index is 553. The monoisotopic (exact) mass is 279 g/mol. The fourth-order valence-corrected chi connectivity index (χ4v) is 2.80. The number of benzene rings is 1. The van der Waals surface area contributed by atoms with E-state index in [0.29, 0.717) is 5.75 Å². The van der Waals surface area contributed by atoms with Crippen LogP contribution in [0.15, 0.2) is 29.6 Å². The number of thiophene rings is 1. The van der Waals surface area contributed by atoms with E-state index < -0.39 is 0 Å². The van der Waals surface area contributed by atoms with E-state index in [0.717, 1.165) is 21.9 Å². The van der Waals surface area contributed by atoms with Gasteiger partial charge in [-0.05, 0) is 23.6 Å². The van der Waals surface area contributed by atoms with Crippen molar-refractivity contribution in [3.63, 3.8) is 0 Å². The molecule has 0 radical (unpaired) electrons. The molecule has 0 aliphatic carbocycles. The third-order valence-corrected chi connectivity index (χ3v) is 3.92. The molecule has 4 nitrogen and oxygen atoms in total. The highest BCUT2D eigenvalue weighted by Gasteiger charge is 2.19. The minimum Gasteiger partial charge on any atom is -0.497 e. The van der Waals surface area contributed by atoms with Gasteiger partial charge < -0.3 is 19.9 Å². The van der Waals surface area contributed by atoms with Crippen LogP contribution in [-0.2, 0) is 0 Å². The summed E-state index contributed by atoms with van der Waals surface area (Å²) in [6.07, 6.45) is 0. The summed E-state index contributed by atoms with van der Waals surface area (Å²) in [6, 6.07) is 7.25. The second-order valence-electron chi connectivity index (χ2n) is 3.94. The van der Waals surface area contributed by atoms with Crippen molar-refractivity contribution in [3.05, 3.63) is 40.1 Å². The van der Waals surface area contributed by atoms with Crippen molar-refractivity contribution < 1.29 is 14.2 Å². The average Bonchev–Trinajstić information content (AvgIpc) is 2.94. The van der Waals surface area contributed by atoms with Crippen LogP contribution in [-0.4, -0.2) is 21.3 Å². The maximum absolute atomic E-state index is 6.31. The molecule has 1 heterocycles. The summed E-state index contributed by atoms with van der Waals surface area (Å²) >= 11 is 1.57. The van der Waals surface area contributed by atoms with Crippen molar-refractivity contribution in [1.29, 1.82) is 0 Å². The molecule has 19 heavy (non-hydrogen) atoms. The van der Waals surface area contributed by atoms with Crippen molar-refractivity contribution in [2.24, 2.45) is 5.73 Å². The van der Waals surface area contributed by atoms with Crippen LogP contribution in [0.5, 0.6) is 17.2 Å². The minimum absolute atomic E-state index is 0.282. The van der Waals surface area contributed by atoms with Gasteiger partial charge in [0, 0.05) is 11.6 Å². The van der Waals surface area contributed by atoms with Crippen LogP contribution in [0.25, 0.3) is 0 Å². The largest absolute Gasteiger partial charge is 0.497 e. The quantitative estimate of drug-likeness (QED) is 0.914. The summed E-state index contributed by atoms with van der Waals surface area (Å²) in [7, 11) is 4.89. The Labute approximate surface area is 116 Å². The lowest BCUT2D eigenvalue weighted by Gasteiger charge is -2.16. The number of rotatable bonds is 5. The van der Waals surface area contributed by atoms with Gasteiger partial charge in [0.05, 0.1) is 32.2 Å². The molecule has 5 heteroatoms. The van der Waals surface area contributed by atoms with Crippen LogP contribution in [0.3, 0.4) is 0 Å². The molecule has 102 valence electrons. The van der Waals surface area contributed by atoms with E-state index >= 15 is 0 Å². The fraction of sp³-hybridized carbons (Fsp3) is 0.286. The normalized spacial score (nSPS) is 12.0. The highest BCUT2D eigenvalue weighted by atomic mass is 32.1. The third kappa shape index (κ3) is 2.67. The number of hydrogen-bond donors (Lipinski definition) is 1. The molecule has 1 unspecified atom stereocenters. The van der Waals surface area contributed by atoms with Gasteiger partial charge in [0.2, 0.25) is 0 Å². The van der Waals surface area contributed by atoms with Gasteiger partial charge in [-0.1, -0.05) is 0 Å². The van der Waals surface area contributed by atoms with E-state index in [1.807, 2.05) is 29.6 Å². The van der Waals surface area contributed by atoms with Crippen LogP contribution in [0.1, 0.15) is 16.5 Å². The summed E-state index contributed by atoms with van der Waals surface area (Å²) in [5, 5.41) is 1.96. The summed E-state index contributed by atoms with van der Waals surface area (Å²) in [6.45, 7) is 0. The van der Waals surface area contributed by atoms with Crippen molar-refractivity contribution in [2.75, 3.05) is 21.3 Å². The van der Waals surface area contributed by atoms with Gasteiger partial charge in [-0.2, -0.15) is 0 Å². The van der Waals surface area contributed by atoms with Gasteiger partial charge in [-0.15, -0.1) is 11.3 Å². The van der Waals surface area contributed by atoms with E-state index in [9.17, 15) is 0 Å². The van der Waals surface area contributed by atoms with Gasteiger partial charge in [0.25, 0.3) is 0 Å². The second-order valence-corrected chi connectivity index (χ2v) is 4.89.